The molecule has 2 aliphatic rings. The number of anilines is 1. The van der Waals surface area contributed by atoms with Gasteiger partial charge in [0.25, 0.3) is 0 Å². The van der Waals surface area contributed by atoms with E-state index >= 15 is 0 Å². The Balaban J connectivity index is 1.58. The molecule has 0 bridgehead atoms. The van der Waals surface area contributed by atoms with E-state index in [1.165, 1.54) is 6.20 Å². The molecule has 1 aromatic heterocycles. The maximum Gasteiger partial charge on any atom is 0.410 e. The summed E-state index contributed by atoms with van der Waals surface area (Å²) in [5.74, 6) is -1.20. The number of carboxylic acids is 1. The van der Waals surface area contributed by atoms with Gasteiger partial charge in [-0.25, -0.2) is 9.59 Å². The van der Waals surface area contributed by atoms with Crippen LogP contribution in [0.1, 0.15) is 50.0 Å². The van der Waals surface area contributed by atoms with Crippen LogP contribution >= 0.6 is 0 Å². The van der Waals surface area contributed by atoms with Crippen LogP contribution in [0.25, 0.3) is 10.9 Å². The molecule has 1 saturated heterocycles. The second-order valence-electron chi connectivity index (χ2n) is 8.97. The minimum atomic E-state index is -1.20. The predicted molar refractivity (Wildman–Crippen MR) is 113 cm³/mol. The highest BCUT2D eigenvalue weighted by molar-refractivity contribution is 5.93. The van der Waals surface area contributed by atoms with E-state index < -0.39 is 17.0 Å². The number of amides is 1. The number of hydrogen-bond donors (Lipinski definition) is 1. The molecule has 1 aliphatic carbocycles. The average molecular weight is 413 g/mol. The number of piperazine rings is 1. The van der Waals surface area contributed by atoms with Gasteiger partial charge in [-0.2, -0.15) is 0 Å². The van der Waals surface area contributed by atoms with Gasteiger partial charge in [0.2, 0.25) is 5.43 Å². The number of carbonyl (C=O) groups is 2. The van der Waals surface area contributed by atoms with Crippen LogP contribution in [-0.2, 0) is 4.74 Å². The quantitative estimate of drug-likeness (QED) is 0.831. The summed E-state index contributed by atoms with van der Waals surface area (Å²) in [6.45, 7) is 7.99. The zero-order valence-corrected chi connectivity index (χ0v) is 17.6. The van der Waals surface area contributed by atoms with Gasteiger partial charge >= 0.3 is 12.1 Å². The van der Waals surface area contributed by atoms with Crippen LogP contribution in [0, 0.1) is 0 Å². The molecule has 4 rings (SSSR count). The highest BCUT2D eigenvalue weighted by atomic mass is 16.6. The number of ether oxygens (including phenoxy) is 1. The molecule has 8 nitrogen and oxygen atoms in total. The van der Waals surface area contributed by atoms with Crippen LogP contribution in [0.4, 0.5) is 10.5 Å². The van der Waals surface area contributed by atoms with Gasteiger partial charge in [-0.05, 0) is 51.8 Å². The van der Waals surface area contributed by atoms with E-state index in [1.54, 1.807) is 11.0 Å². The monoisotopic (exact) mass is 413 g/mol. The molecule has 1 saturated carbocycles. The summed E-state index contributed by atoms with van der Waals surface area (Å²) in [6, 6.07) is 5.78. The van der Waals surface area contributed by atoms with Crippen molar-refractivity contribution in [3.05, 3.63) is 40.2 Å². The third-order valence-corrected chi connectivity index (χ3v) is 5.48. The molecular weight excluding hydrogens is 386 g/mol. The first-order valence-electron chi connectivity index (χ1n) is 10.3. The smallest absolute Gasteiger partial charge is 0.410 e. The molecular formula is C22H27N3O5. The number of carboxylic acid groups (broad SMARTS) is 1. The Kier molecular flexibility index (Phi) is 4.95. The van der Waals surface area contributed by atoms with Crippen LogP contribution in [-0.4, -0.2) is 58.4 Å². The minimum Gasteiger partial charge on any atom is -0.477 e. The van der Waals surface area contributed by atoms with Crippen LogP contribution < -0.4 is 10.3 Å². The van der Waals surface area contributed by atoms with Gasteiger partial charge in [-0.15, -0.1) is 0 Å². The molecule has 8 heteroatoms. The number of aromatic carboxylic acids is 1. The van der Waals surface area contributed by atoms with E-state index in [0.29, 0.717) is 31.6 Å². The van der Waals surface area contributed by atoms with Gasteiger partial charge in [-0.1, -0.05) is 0 Å². The van der Waals surface area contributed by atoms with Crippen molar-refractivity contribution in [3.63, 3.8) is 0 Å². The number of hydrogen-bond acceptors (Lipinski definition) is 5. The zero-order chi connectivity index (χ0) is 21.6. The van der Waals surface area contributed by atoms with Crippen molar-refractivity contribution in [1.82, 2.24) is 9.47 Å². The fourth-order valence-electron chi connectivity index (χ4n) is 3.82. The third-order valence-electron chi connectivity index (χ3n) is 5.48. The van der Waals surface area contributed by atoms with Crippen LogP contribution in [0.2, 0.25) is 0 Å². The van der Waals surface area contributed by atoms with E-state index in [4.69, 9.17) is 4.74 Å². The first-order chi connectivity index (χ1) is 14.1. The summed E-state index contributed by atoms with van der Waals surface area (Å²) in [4.78, 5) is 40.3. The zero-order valence-electron chi connectivity index (χ0n) is 17.6. The van der Waals surface area contributed by atoms with E-state index in [1.807, 2.05) is 37.5 Å². The minimum absolute atomic E-state index is 0.187. The number of rotatable bonds is 3. The van der Waals surface area contributed by atoms with Crippen molar-refractivity contribution in [2.75, 3.05) is 31.1 Å². The molecule has 1 N–H and O–H groups in total. The van der Waals surface area contributed by atoms with Crippen molar-refractivity contribution in [2.45, 2.75) is 45.3 Å². The number of aromatic nitrogens is 1. The Morgan fingerprint density at radius 3 is 2.33 bits per heavy atom. The first kappa shape index (κ1) is 20.3. The Morgan fingerprint density at radius 1 is 1.10 bits per heavy atom. The molecule has 1 aromatic carbocycles. The number of pyridine rings is 1. The molecule has 1 amide bonds. The lowest BCUT2D eigenvalue weighted by atomic mass is 10.1. The predicted octanol–water partition coefficient (Wildman–Crippen LogP) is 3.09. The lowest BCUT2D eigenvalue weighted by Crippen LogP contribution is -2.50. The third kappa shape index (κ3) is 3.99. The number of fused-ring (bicyclic) bond motifs is 1. The van der Waals surface area contributed by atoms with E-state index in [2.05, 4.69) is 4.90 Å². The average Bonchev–Trinajstić information content (AvgIpc) is 3.51. The highest BCUT2D eigenvalue weighted by Gasteiger charge is 2.28. The number of nitrogens with zero attached hydrogens (tertiary/aromatic N) is 3. The first-order valence-corrected chi connectivity index (χ1v) is 10.3. The lowest BCUT2D eigenvalue weighted by molar-refractivity contribution is 0.0240. The van der Waals surface area contributed by atoms with Crippen LogP contribution in [0.3, 0.4) is 0 Å². The summed E-state index contributed by atoms with van der Waals surface area (Å²) in [7, 11) is 0. The fourth-order valence-corrected chi connectivity index (χ4v) is 3.82. The van der Waals surface area contributed by atoms with Crippen molar-refractivity contribution < 1.29 is 19.4 Å². The van der Waals surface area contributed by atoms with Gasteiger partial charge in [-0.3, -0.25) is 4.79 Å². The Bertz CT molecular complexity index is 1060. The van der Waals surface area contributed by atoms with Gasteiger partial charge in [0.1, 0.15) is 11.2 Å². The van der Waals surface area contributed by atoms with Crippen LogP contribution in [0.5, 0.6) is 0 Å². The second kappa shape index (κ2) is 7.34. The topological polar surface area (TPSA) is 92.1 Å². The maximum atomic E-state index is 12.6. The maximum absolute atomic E-state index is 12.6. The molecule has 160 valence electrons. The van der Waals surface area contributed by atoms with Gasteiger partial charge in [0, 0.05) is 49.5 Å². The second-order valence-corrected chi connectivity index (χ2v) is 8.97. The Morgan fingerprint density at radius 2 is 1.77 bits per heavy atom. The normalized spacial score (nSPS) is 17.3. The van der Waals surface area contributed by atoms with E-state index in [0.717, 1.165) is 24.0 Å². The molecule has 0 unspecified atom stereocenters. The fraction of sp³-hybridized carbons (Fsp3) is 0.500. The Labute approximate surface area is 174 Å². The summed E-state index contributed by atoms with van der Waals surface area (Å²) in [6.07, 6.45) is 3.14. The molecule has 0 radical (unpaired) electrons. The summed E-state index contributed by atoms with van der Waals surface area (Å²) >= 11 is 0. The molecule has 30 heavy (non-hydrogen) atoms. The van der Waals surface area contributed by atoms with Crippen molar-refractivity contribution in [3.8, 4) is 0 Å². The standard InChI is InChI=1S/C22H27N3O5/c1-22(2,3)30-21(29)24-10-8-23(9-11-24)15-6-7-16-18(12-15)25(14-4-5-14)13-17(19(16)26)20(27)28/h6-7,12-14H,4-5,8-11H2,1-3H3,(H,27,28). The SMILES string of the molecule is CC(C)(C)OC(=O)N1CCN(c2ccc3c(=O)c(C(=O)O)cn(C4CC4)c3c2)CC1. The molecule has 2 fully saturated rings. The molecule has 2 aromatic rings. The van der Waals surface area contributed by atoms with Crippen molar-refractivity contribution in [2.24, 2.45) is 0 Å². The summed E-state index contributed by atoms with van der Waals surface area (Å²) in [5, 5.41) is 9.82. The number of benzene rings is 1. The molecule has 2 heterocycles. The van der Waals surface area contributed by atoms with Crippen molar-refractivity contribution in [1.29, 1.82) is 0 Å². The number of carbonyl (C=O) groups excluding carboxylic acids is 1. The Hall–Kier alpha value is -3.03. The highest BCUT2D eigenvalue weighted by Crippen LogP contribution is 2.37. The van der Waals surface area contributed by atoms with Crippen LogP contribution in [0.15, 0.2) is 29.2 Å². The van der Waals surface area contributed by atoms with E-state index in [9.17, 15) is 19.5 Å². The van der Waals surface area contributed by atoms with Crippen molar-refractivity contribution >= 4 is 28.7 Å². The summed E-state index contributed by atoms with van der Waals surface area (Å²) < 4.78 is 7.38. The lowest BCUT2D eigenvalue weighted by Gasteiger charge is -2.36. The van der Waals surface area contributed by atoms with E-state index in [-0.39, 0.29) is 17.7 Å². The van der Waals surface area contributed by atoms with Gasteiger partial charge in [0.05, 0.1) is 5.52 Å². The molecule has 0 spiro atoms. The molecule has 0 atom stereocenters. The van der Waals surface area contributed by atoms with Gasteiger partial charge < -0.3 is 24.2 Å². The van der Waals surface area contributed by atoms with Gasteiger partial charge in [0.15, 0.2) is 0 Å². The largest absolute Gasteiger partial charge is 0.477 e. The summed E-state index contributed by atoms with van der Waals surface area (Å²) in [5.41, 5.74) is 0.569. The molecule has 1 aliphatic heterocycles.